The standard InChI is InChI=1S/C44H36N8O8/c53-21-17-49(18-22-54)27-5-1-25(2-6-27)45-47-51-41(57)33-13-9-29-31-11-15-35-40-36(16-12-32(38(31)40)30-10-14-34(42(51)58)39(33)37(29)30)44(60)52(43(35)59)48-46-26-3-7-28(8-4-26)50(19-23-55)20-24-56/h1-16,53-56H,17-24H2/b47-45+,48-46+. The molecule has 16 heteroatoms. The van der Waals surface area contributed by atoms with Gasteiger partial charge in [-0.15, -0.1) is 20.2 Å². The van der Waals surface area contributed by atoms with Crippen LogP contribution in [-0.2, 0) is 0 Å². The van der Waals surface area contributed by atoms with E-state index >= 15 is 0 Å². The lowest BCUT2D eigenvalue weighted by Gasteiger charge is -2.26. The number of benzene rings is 7. The van der Waals surface area contributed by atoms with E-state index in [1.807, 2.05) is 0 Å². The molecule has 0 aromatic heterocycles. The molecule has 0 saturated carbocycles. The summed E-state index contributed by atoms with van der Waals surface area (Å²) in [6, 6.07) is 27.4. The van der Waals surface area contributed by atoms with E-state index in [9.17, 15) is 39.6 Å². The summed E-state index contributed by atoms with van der Waals surface area (Å²) in [5.74, 6) is -2.57. The van der Waals surface area contributed by atoms with Gasteiger partial charge in [0.1, 0.15) is 0 Å². The average Bonchev–Trinajstić information content (AvgIpc) is 3.27. The number of hydrogen-bond acceptors (Lipinski definition) is 14. The van der Waals surface area contributed by atoms with Gasteiger partial charge in [0, 0.05) is 48.3 Å². The summed E-state index contributed by atoms with van der Waals surface area (Å²) < 4.78 is 0. The van der Waals surface area contributed by atoms with Crippen molar-refractivity contribution in [1.29, 1.82) is 0 Å². The Morgan fingerprint density at radius 2 is 0.667 bits per heavy atom. The zero-order valence-electron chi connectivity index (χ0n) is 31.9. The quantitative estimate of drug-likeness (QED) is 0.0442. The fourth-order valence-corrected chi connectivity index (χ4v) is 8.28. The highest BCUT2D eigenvalue weighted by molar-refractivity contribution is 6.41. The van der Waals surface area contributed by atoms with Crippen LogP contribution in [-0.4, -0.2) is 107 Å². The third-order valence-electron chi connectivity index (χ3n) is 11.0. The summed E-state index contributed by atoms with van der Waals surface area (Å²) in [6.07, 6.45) is 0. The Labute approximate surface area is 340 Å². The molecule has 2 aliphatic heterocycles. The second-order valence-corrected chi connectivity index (χ2v) is 14.3. The molecule has 0 aliphatic carbocycles. The number of hydrogen-bond donors (Lipinski definition) is 4. The highest BCUT2D eigenvalue weighted by Gasteiger charge is 2.37. The number of imide groups is 2. The monoisotopic (exact) mass is 804 g/mol. The minimum absolute atomic E-state index is 0.0862. The minimum Gasteiger partial charge on any atom is -0.395 e. The Balaban J connectivity index is 1.05. The molecule has 4 N–H and O–H groups in total. The van der Waals surface area contributed by atoms with Crippen LogP contribution in [0.1, 0.15) is 41.4 Å². The molecule has 0 unspecified atom stereocenters. The van der Waals surface area contributed by atoms with Crippen molar-refractivity contribution in [1.82, 2.24) is 10.0 Å². The Hall–Kier alpha value is -7.24. The number of fused-ring (bicyclic) bond motifs is 2. The number of nitrogens with zero attached hydrogens (tertiary/aromatic N) is 8. The van der Waals surface area contributed by atoms with E-state index in [0.717, 1.165) is 42.9 Å². The van der Waals surface area contributed by atoms with Crippen LogP contribution in [0.2, 0.25) is 0 Å². The molecule has 7 aromatic carbocycles. The molecule has 7 aromatic rings. The molecule has 2 heterocycles. The largest absolute Gasteiger partial charge is 0.395 e. The number of anilines is 2. The fourth-order valence-electron chi connectivity index (χ4n) is 8.28. The van der Waals surface area contributed by atoms with Crippen molar-refractivity contribution in [2.24, 2.45) is 20.7 Å². The molecular weight excluding hydrogens is 769 g/mol. The molecule has 4 amide bonds. The lowest BCUT2D eigenvalue weighted by molar-refractivity contribution is 0.0587. The van der Waals surface area contributed by atoms with E-state index in [-0.39, 0.29) is 48.7 Å². The smallest absolute Gasteiger partial charge is 0.283 e. The molecule has 16 nitrogen and oxygen atoms in total. The van der Waals surface area contributed by atoms with Crippen LogP contribution in [0.3, 0.4) is 0 Å². The Morgan fingerprint density at radius 3 is 0.933 bits per heavy atom. The Kier molecular flexibility index (Phi) is 9.89. The molecule has 60 heavy (non-hydrogen) atoms. The number of rotatable bonds is 14. The van der Waals surface area contributed by atoms with E-state index in [4.69, 9.17) is 0 Å². The first-order valence-corrected chi connectivity index (χ1v) is 19.2. The van der Waals surface area contributed by atoms with Crippen LogP contribution in [0.5, 0.6) is 0 Å². The number of aliphatic hydroxyl groups is 4. The van der Waals surface area contributed by atoms with E-state index in [1.165, 1.54) is 0 Å². The van der Waals surface area contributed by atoms with Gasteiger partial charge < -0.3 is 30.2 Å². The molecule has 2 aliphatic rings. The number of aliphatic hydroxyl groups excluding tert-OH is 4. The highest BCUT2D eigenvalue weighted by Crippen LogP contribution is 2.46. The van der Waals surface area contributed by atoms with Gasteiger partial charge in [0.05, 0.1) is 60.1 Å². The van der Waals surface area contributed by atoms with Gasteiger partial charge in [0.2, 0.25) is 0 Å². The number of carbonyl (C=O) groups is 4. The highest BCUT2D eigenvalue weighted by atomic mass is 16.3. The summed E-state index contributed by atoms with van der Waals surface area (Å²) in [6.45, 7) is 0.989. The van der Waals surface area contributed by atoms with Gasteiger partial charge in [-0.2, -0.15) is 0 Å². The van der Waals surface area contributed by atoms with Crippen molar-refractivity contribution < 1.29 is 39.6 Å². The molecule has 0 atom stereocenters. The van der Waals surface area contributed by atoms with Crippen LogP contribution in [0, 0.1) is 0 Å². The first kappa shape index (κ1) is 38.3. The minimum atomic E-state index is -0.642. The summed E-state index contributed by atoms with van der Waals surface area (Å²) in [5.41, 5.74) is 3.35. The van der Waals surface area contributed by atoms with E-state index in [0.29, 0.717) is 59.1 Å². The van der Waals surface area contributed by atoms with Gasteiger partial charge in [-0.25, -0.2) is 0 Å². The predicted molar refractivity (Wildman–Crippen MR) is 223 cm³/mol. The Morgan fingerprint density at radius 1 is 0.383 bits per heavy atom. The van der Waals surface area contributed by atoms with Crippen molar-refractivity contribution in [3.05, 3.63) is 119 Å². The molecule has 0 spiro atoms. The molecule has 0 radical (unpaired) electrons. The van der Waals surface area contributed by atoms with Crippen molar-refractivity contribution in [3.63, 3.8) is 0 Å². The number of amides is 4. The van der Waals surface area contributed by atoms with Gasteiger partial charge in [-0.05, 0) is 105 Å². The second kappa shape index (κ2) is 15.5. The van der Waals surface area contributed by atoms with Crippen LogP contribution in [0.25, 0.3) is 43.1 Å². The topological polar surface area (TPSA) is 212 Å². The molecule has 0 saturated heterocycles. The van der Waals surface area contributed by atoms with Crippen LogP contribution < -0.4 is 9.80 Å². The zero-order chi connectivity index (χ0) is 41.7. The first-order valence-electron chi connectivity index (χ1n) is 19.2. The SMILES string of the molecule is O=C1c2ccc3c4ccc5c6c(ccc(c7ccc(c2c37)C(=O)N1/N=N/c1ccc(N(CCO)CCO)cc1)c64)C(=O)N(/N=N/c1ccc(N(CCO)CCO)cc1)C5=O. The summed E-state index contributed by atoms with van der Waals surface area (Å²) >= 11 is 0. The van der Waals surface area contributed by atoms with Crippen LogP contribution in [0.4, 0.5) is 22.7 Å². The third kappa shape index (κ3) is 6.17. The van der Waals surface area contributed by atoms with Gasteiger partial charge in [0.15, 0.2) is 0 Å². The maximum Gasteiger partial charge on any atom is 0.283 e. The molecule has 0 bridgehead atoms. The molecule has 300 valence electrons. The predicted octanol–water partition coefficient (Wildman–Crippen LogP) is 5.91. The van der Waals surface area contributed by atoms with Gasteiger partial charge in [-0.1, -0.05) is 34.7 Å². The lowest BCUT2D eigenvalue weighted by atomic mass is 9.82. The first-order chi connectivity index (χ1) is 29.3. The summed E-state index contributed by atoms with van der Waals surface area (Å²) in [7, 11) is 0. The van der Waals surface area contributed by atoms with Crippen LogP contribution in [0.15, 0.2) is 118 Å². The Bertz CT molecular complexity index is 2600. The van der Waals surface area contributed by atoms with Crippen molar-refractivity contribution in [2.45, 2.75) is 0 Å². The fraction of sp³-hybridized carbons (Fsp3) is 0.182. The van der Waals surface area contributed by atoms with Gasteiger partial charge >= 0.3 is 0 Å². The van der Waals surface area contributed by atoms with Crippen LogP contribution >= 0.6 is 0 Å². The maximum atomic E-state index is 13.9. The van der Waals surface area contributed by atoms with Crippen molar-refractivity contribution in [3.8, 4) is 0 Å². The maximum absolute atomic E-state index is 13.9. The second-order valence-electron chi connectivity index (χ2n) is 14.3. The summed E-state index contributed by atoms with van der Waals surface area (Å²) in [5, 5.41) is 60.8. The average molecular weight is 805 g/mol. The van der Waals surface area contributed by atoms with E-state index in [2.05, 4.69) is 20.7 Å². The van der Waals surface area contributed by atoms with Crippen molar-refractivity contribution in [2.75, 3.05) is 62.4 Å². The number of carbonyl (C=O) groups excluding carboxylic acids is 4. The zero-order valence-corrected chi connectivity index (χ0v) is 31.9. The van der Waals surface area contributed by atoms with Crippen molar-refractivity contribution >= 4 is 89.5 Å². The lowest BCUT2D eigenvalue weighted by Crippen LogP contribution is -2.36. The van der Waals surface area contributed by atoms with Gasteiger partial charge in [0.25, 0.3) is 23.6 Å². The normalized spacial score (nSPS) is 14.1. The summed E-state index contributed by atoms with van der Waals surface area (Å²) in [4.78, 5) is 59.4. The molecular formula is C44H36N8O8. The third-order valence-corrected chi connectivity index (χ3v) is 11.0. The van der Waals surface area contributed by atoms with Gasteiger partial charge in [-0.3, -0.25) is 19.2 Å². The molecule has 9 rings (SSSR count). The van der Waals surface area contributed by atoms with E-state index < -0.39 is 23.6 Å². The van der Waals surface area contributed by atoms with E-state index in [1.54, 1.807) is 107 Å². The molecule has 0 fully saturated rings.